The van der Waals surface area contributed by atoms with Crippen LogP contribution in [-0.4, -0.2) is 31.0 Å². The maximum atomic E-state index is 13.4. The summed E-state index contributed by atoms with van der Waals surface area (Å²) < 4.78 is 18.7. The fraction of sp³-hybridized carbons (Fsp3) is 0.500. The van der Waals surface area contributed by atoms with Crippen molar-refractivity contribution in [2.24, 2.45) is 5.92 Å². The van der Waals surface area contributed by atoms with Crippen LogP contribution in [0.4, 0.5) is 10.1 Å². The Morgan fingerprint density at radius 1 is 1.50 bits per heavy atom. The summed E-state index contributed by atoms with van der Waals surface area (Å²) >= 11 is 0. The third-order valence-electron chi connectivity index (χ3n) is 2.95. The number of hydrogen-bond donors (Lipinski definition) is 2. The Hall–Kier alpha value is -1.13. The number of para-hydroxylation sites is 1. The van der Waals surface area contributed by atoms with Gasteiger partial charge in [0.05, 0.1) is 24.9 Å². The average molecular weight is 225 g/mol. The lowest BCUT2D eigenvalue weighted by atomic mass is 9.99. The Kier molecular flexibility index (Phi) is 3.74. The van der Waals surface area contributed by atoms with Gasteiger partial charge in [0, 0.05) is 12.5 Å². The van der Waals surface area contributed by atoms with E-state index in [-0.39, 0.29) is 24.4 Å². The van der Waals surface area contributed by atoms with Crippen molar-refractivity contribution in [3.8, 4) is 0 Å². The number of aliphatic hydroxyl groups is 1. The Labute approximate surface area is 94.2 Å². The van der Waals surface area contributed by atoms with Gasteiger partial charge in [0.25, 0.3) is 0 Å². The van der Waals surface area contributed by atoms with Gasteiger partial charge in [-0.2, -0.15) is 0 Å². The minimum Gasteiger partial charge on any atom is -0.394 e. The van der Waals surface area contributed by atoms with Crippen molar-refractivity contribution in [1.82, 2.24) is 0 Å². The summed E-state index contributed by atoms with van der Waals surface area (Å²) in [7, 11) is 0. The fourth-order valence-corrected chi connectivity index (χ4v) is 1.96. The highest BCUT2D eigenvalue weighted by molar-refractivity contribution is 5.45. The monoisotopic (exact) mass is 225 g/mol. The molecule has 0 spiro atoms. The van der Waals surface area contributed by atoms with Gasteiger partial charge in [-0.3, -0.25) is 0 Å². The zero-order valence-corrected chi connectivity index (χ0v) is 9.03. The second-order valence-corrected chi connectivity index (χ2v) is 4.04. The predicted molar refractivity (Wildman–Crippen MR) is 59.8 cm³/mol. The highest BCUT2D eigenvalue weighted by Gasteiger charge is 2.25. The molecule has 0 amide bonds. The molecule has 0 saturated carbocycles. The summed E-state index contributed by atoms with van der Waals surface area (Å²) in [6.07, 6.45) is 0.909. The molecule has 2 rings (SSSR count). The van der Waals surface area contributed by atoms with Crippen molar-refractivity contribution in [2.75, 3.05) is 25.1 Å². The number of rotatable bonds is 4. The van der Waals surface area contributed by atoms with Crippen molar-refractivity contribution in [3.05, 3.63) is 30.1 Å². The van der Waals surface area contributed by atoms with E-state index in [1.54, 1.807) is 18.2 Å². The fourth-order valence-electron chi connectivity index (χ4n) is 1.96. The van der Waals surface area contributed by atoms with E-state index in [0.29, 0.717) is 12.3 Å². The molecular formula is C12H16FNO2. The smallest absolute Gasteiger partial charge is 0.146 e. The van der Waals surface area contributed by atoms with E-state index in [0.717, 1.165) is 13.0 Å². The average Bonchev–Trinajstić information content (AvgIpc) is 2.81. The van der Waals surface area contributed by atoms with Gasteiger partial charge in [-0.1, -0.05) is 12.1 Å². The first kappa shape index (κ1) is 11.4. The van der Waals surface area contributed by atoms with E-state index in [9.17, 15) is 9.50 Å². The summed E-state index contributed by atoms with van der Waals surface area (Å²) in [6.45, 7) is 1.34. The van der Waals surface area contributed by atoms with Crippen molar-refractivity contribution >= 4 is 5.69 Å². The molecule has 1 saturated heterocycles. The maximum Gasteiger partial charge on any atom is 0.146 e. The van der Waals surface area contributed by atoms with E-state index >= 15 is 0 Å². The molecule has 88 valence electrons. The largest absolute Gasteiger partial charge is 0.394 e. The van der Waals surface area contributed by atoms with Gasteiger partial charge in [0.2, 0.25) is 0 Å². The first-order valence-electron chi connectivity index (χ1n) is 5.51. The first-order chi connectivity index (χ1) is 7.81. The normalized spacial score (nSPS) is 22.0. The van der Waals surface area contributed by atoms with E-state index in [1.165, 1.54) is 6.07 Å². The van der Waals surface area contributed by atoms with Crippen LogP contribution < -0.4 is 5.32 Å². The van der Waals surface area contributed by atoms with E-state index in [2.05, 4.69) is 5.32 Å². The number of aliphatic hydroxyl groups excluding tert-OH is 1. The highest BCUT2D eigenvalue weighted by atomic mass is 19.1. The second-order valence-electron chi connectivity index (χ2n) is 4.04. The van der Waals surface area contributed by atoms with Crippen molar-refractivity contribution in [3.63, 3.8) is 0 Å². The third kappa shape index (κ3) is 2.51. The molecule has 0 aromatic heterocycles. The van der Waals surface area contributed by atoms with Crippen molar-refractivity contribution < 1.29 is 14.2 Å². The van der Waals surface area contributed by atoms with Crippen LogP contribution in [0, 0.1) is 11.7 Å². The van der Waals surface area contributed by atoms with Gasteiger partial charge >= 0.3 is 0 Å². The molecule has 16 heavy (non-hydrogen) atoms. The van der Waals surface area contributed by atoms with Crippen molar-refractivity contribution in [2.45, 2.75) is 12.5 Å². The third-order valence-corrected chi connectivity index (χ3v) is 2.95. The van der Waals surface area contributed by atoms with Crippen LogP contribution >= 0.6 is 0 Å². The zero-order valence-electron chi connectivity index (χ0n) is 9.03. The molecule has 1 aliphatic heterocycles. The highest BCUT2D eigenvalue weighted by Crippen LogP contribution is 2.21. The summed E-state index contributed by atoms with van der Waals surface area (Å²) in [6, 6.07) is 6.35. The van der Waals surface area contributed by atoms with Crippen LogP contribution in [0.3, 0.4) is 0 Å². The summed E-state index contributed by atoms with van der Waals surface area (Å²) in [5.41, 5.74) is 0.438. The summed E-state index contributed by atoms with van der Waals surface area (Å²) in [4.78, 5) is 0. The van der Waals surface area contributed by atoms with Crippen LogP contribution in [0.2, 0.25) is 0 Å². The van der Waals surface area contributed by atoms with Crippen LogP contribution in [0.1, 0.15) is 6.42 Å². The van der Waals surface area contributed by atoms with Crippen LogP contribution in [-0.2, 0) is 4.74 Å². The SMILES string of the molecule is OCC(Nc1ccccc1F)C1CCOC1. The Bertz CT molecular complexity index is 340. The molecule has 2 unspecified atom stereocenters. The predicted octanol–water partition coefficient (Wildman–Crippen LogP) is 1.64. The van der Waals surface area contributed by atoms with Crippen LogP contribution in [0.5, 0.6) is 0 Å². The molecule has 4 heteroatoms. The Morgan fingerprint density at radius 2 is 2.31 bits per heavy atom. The molecule has 2 N–H and O–H groups in total. The number of halogens is 1. The van der Waals surface area contributed by atoms with Gasteiger partial charge in [0.1, 0.15) is 5.82 Å². The lowest BCUT2D eigenvalue weighted by Crippen LogP contribution is -2.33. The number of hydrogen-bond acceptors (Lipinski definition) is 3. The number of anilines is 1. The van der Waals surface area contributed by atoms with E-state index in [4.69, 9.17) is 4.74 Å². The molecule has 2 atom stereocenters. The van der Waals surface area contributed by atoms with Gasteiger partial charge in [0.15, 0.2) is 0 Å². The Balaban J connectivity index is 2.03. The molecule has 1 fully saturated rings. The molecule has 0 radical (unpaired) electrons. The topological polar surface area (TPSA) is 41.5 Å². The molecule has 1 aromatic rings. The molecule has 0 bridgehead atoms. The minimum atomic E-state index is -0.292. The standard InChI is InChI=1S/C12H16FNO2/c13-10-3-1-2-4-11(10)14-12(7-15)9-5-6-16-8-9/h1-4,9,12,14-15H,5-8H2. The molecule has 0 aliphatic carbocycles. The number of benzene rings is 1. The Morgan fingerprint density at radius 3 is 2.94 bits per heavy atom. The van der Waals surface area contributed by atoms with Gasteiger partial charge in [-0.25, -0.2) is 4.39 Å². The first-order valence-corrected chi connectivity index (χ1v) is 5.51. The lowest BCUT2D eigenvalue weighted by Gasteiger charge is -2.22. The van der Waals surface area contributed by atoms with Crippen LogP contribution in [0.25, 0.3) is 0 Å². The van der Waals surface area contributed by atoms with Gasteiger partial charge in [-0.05, 0) is 18.6 Å². The van der Waals surface area contributed by atoms with Gasteiger partial charge in [-0.15, -0.1) is 0 Å². The molecule has 3 nitrogen and oxygen atoms in total. The van der Waals surface area contributed by atoms with Gasteiger partial charge < -0.3 is 15.2 Å². The van der Waals surface area contributed by atoms with Crippen molar-refractivity contribution in [1.29, 1.82) is 0 Å². The molecular weight excluding hydrogens is 209 g/mol. The van der Waals surface area contributed by atoms with E-state index < -0.39 is 0 Å². The number of ether oxygens (including phenoxy) is 1. The summed E-state index contributed by atoms with van der Waals surface area (Å²) in [5.74, 6) is -0.0375. The molecule has 1 aromatic carbocycles. The molecule has 1 aliphatic rings. The zero-order chi connectivity index (χ0) is 11.4. The minimum absolute atomic E-state index is 0.0115. The molecule has 1 heterocycles. The summed E-state index contributed by atoms with van der Waals surface area (Å²) in [5, 5.41) is 12.3. The van der Waals surface area contributed by atoms with Crippen LogP contribution in [0.15, 0.2) is 24.3 Å². The van der Waals surface area contributed by atoms with E-state index in [1.807, 2.05) is 0 Å². The maximum absolute atomic E-state index is 13.4. The second kappa shape index (κ2) is 5.27. The number of nitrogens with one attached hydrogen (secondary N) is 1. The quantitative estimate of drug-likeness (QED) is 0.818. The lowest BCUT2D eigenvalue weighted by molar-refractivity contribution is 0.169.